The SMILES string of the molecule is Cc1cc2c(N3CCN(C[C@@H](C)O)CC3)nccc2o1. The van der Waals surface area contributed by atoms with Crippen LogP contribution in [0.2, 0.25) is 0 Å². The number of fused-ring (bicyclic) bond motifs is 1. The Balaban J connectivity index is 1.76. The standard InChI is InChI=1S/C15H21N3O2/c1-11(19)10-17-5-7-18(8-6-17)15-13-9-12(2)20-14(13)3-4-16-15/h3-4,9,11,19H,5-8,10H2,1-2H3/t11-/m1/s1. The number of hydrogen-bond donors (Lipinski definition) is 1. The number of pyridine rings is 1. The molecule has 0 aromatic carbocycles. The third-order valence-electron chi connectivity index (χ3n) is 3.74. The molecule has 5 heteroatoms. The van der Waals surface area contributed by atoms with Crippen molar-refractivity contribution in [2.75, 3.05) is 37.6 Å². The molecule has 1 aliphatic heterocycles. The summed E-state index contributed by atoms with van der Waals surface area (Å²) in [5, 5.41) is 10.5. The van der Waals surface area contributed by atoms with Crippen molar-refractivity contribution in [3.05, 3.63) is 24.1 Å². The van der Waals surface area contributed by atoms with Crippen LogP contribution in [0.5, 0.6) is 0 Å². The van der Waals surface area contributed by atoms with E-state index in [-0.39, 0.29) is 6.10 Å². The second-order valence-electron chi connectivity index (χ2n) is 5.54. The lowest BCUT2D eigenvalue weighted by Crippen LogP contribution is -2.48. The van der Waals surface area contributed by atoms with Gasteiger partial charge in [0.2, 0.25) is 0 Å². The van der Waals surface area contributed by atoms with E-state index in [4.69, 9.17) is 4.42 Å². The zero-order valence-electron chi connectivity index (χ0n) is 12.0. The largest absolute Gasteiger partial charge is 0.461 e. The van der Waals surface area contributed by atoms with Gasteiger partial charge >= 0.3 is 0 Å². The van der Waals surface area contributed by atoms with Crippen LogP contribution in [0, 0.1) is 6.92 Å². The number of aryl methyl sites for hydroxylation is 1. The van der Waals surface area contributed by atoms with Crippen LogP contribution in [0.25, 0.3) is 11.0 Å². The maximum absolute atomic E-state index is 9.45. The molecule has 0 saturated carbocycles. The number of β-amino-alcohol motifs (C(OH)–C–C–N with tert-alkyl or cyclic N) is 1. The maximum Gasteiger partial charge on any atom is 0.139 e. The Hall–Kier alpha value is -1.59. The molecule has 20 heavy (non-hydrogen) atoms. The molecule has 1 N–H and O–H groups in total. The second-order valence-corrected chi connectivity index (χ2v) is 5.54. The lowest BCUT2D eigenvalue weighted by atomic mass is 10.2. The highest BCUT2D eigenvalue weighted by Crippen LogP contribution is 2.27. The van der Waals surface area contributed by atoms with Gasteiger partial charge in [0.25, 0.3) is 0 Å². The average molecular weight is 275 g/mol. The minimum absolute atomic E-state index is 0.264. The number of piperazine rings is 1. The Bertz CT molecular complexity index is 586. The summed E-state index contributed by atoms with van der Waals surface area (Å²) in [6, 6.07) is 3.97. The van der Waals surface area contributed by atoms with Gasteiger partial charge in [-0.3, -0.25) is 4.90 Å². The van der Waals surface area contributed by atoms with Crippen molar-refractivity contribution in [3.8, 4) is 0 Å². The molecular weight excluding hydrogens is 254 g/mol. The molecule has 2 aromatic heterocycles. The molecule has 2 aromatic rings. The maximum atomic E-state index is 9.45. The van der Waals surface area contributed by atoms with Crippen molar-refractivity contribution in [2.45, 2.75) is 20.0 Å². The van der Waals surface area contributed by atoms with E-state index >= 15 is 0 Å². The Kier molecular flexibility index (Phi) is 3.63. The highest BCUT2D eigenvalue weighted by molar-refractivity contribution is 5.89. The number of aliphatic hydroxyl groups is 1. The molecule has 0 unspecified atom stereocenters. The number of anilines is 1. The van der Waals surface area contributed by atoms with Gasteiger partial charge in [-0.15, -0.1) is 0 Å². The van der Waals surface area contributed by atoms with Crippen molar-refractivity contribution in [3.63, 3.8) is 0 Å². The van der Waals surface area contributed by atoms with Gasteiger partial charge in [0.15, 0.2) is 0 Å². The fourth-order valence-corrected chi connectivity index (χ4v) is 2.84. The molecule has 0 radical (unpaired) electrons. The Morgan fingerprint density at radius 3 is 2.80 bits per heavy atom. The molecule has 3 heterocycles. The highest BCUT2D eigenvalue weighted by Gasteiger charge is 2.21. The molecule has 0 spiro atoms. The van der Waals surface area contributed by atoms with Crippen molar-refractivity contribution in [2.24, 2.45) is 0 Å². The molecule has 1 fully saturated rings. The monoisotopic (exact) mass is 275 g/mol. The number of aliphatic hydroxyl groups excluding tert-OH is 1. The topological polar surface area (TPSA) is 52.7 Å². The molecular formula is C15H21N3O2. The highest BCUT2D eigenvalue weighted by atomic mass is 16.3. The predicted molar refractivity (Wildman–Crippen MR) is 79.1 cm³/mol. The van der Waals surface area contributed by atoms with E-state index in [0.717, 1.165) is 55.3 Å². The van der Waals surface area contributed by atoms with Gasteiger partial charge < -0.3 is 14.4 Å². The van der Waals surface area contributed by atoms with Crippen LogP contribution in [0.15, 0.2) is 22.7 Å². The van der Waals surface area contributed by atoms with Gasteiger partial charge in [0, 0.05) is 38.9 Å². The summed E-state index contributed by atoms with van der Waals surface area (Å²) < 4.78 is 5.66. The van der Waals surface area contributed by atoms with Crippen molar-refractivity contribution in [1.82, 2.24) is 9.88 Å². The van der Waals surface area contributed by atoms with Gasteiger partial charge in [-0.1, -0.05) is 0 Å². The molecule has 1 atom stereocenters. The lowest BCUT2D eigenvalue weighted by Gasteiger charge is -2.36. The summed E-state index contributed by atoms with van der Waals surface area (Å²) in [4.78, 5) is 9.12. The van der Waals surface area contributed by atoms with Gasteiger partial charge in [-0.2, -0.15) is 0 Å². The molecule has 3 rings (SSSR count). The summed E-state index contributed by atoms with van der Waals surface area (Å²) >= 11 is 0. The Morgan fingerprint density at radius 2 is 2.10 bits per heavy atom. The van der Waals surface area contributed by atoms with E-state index in [9.17, 15) is 5.11 Å². The second kappa shape index (κ2) is 5.42. The summed E-state index contributed by atoms with van der Waals surface area (Å²) in [5.41, 5.74) is 0.902. The fraction of sp³-hybridized carbons (Fsp3) is 0.533. The molecule has 0 amide bonds. The first kappa shape index (κ1) is 13.4. The Labute approximate surface area is 118 Å². The zero-order chi connectivity index (χ0) is 14.1. The molecule has 1 aliphatic rings. The van der Waals surface area contributed by atoms with Crippen LogP contribution >= 0.6 is 0 Å². The Morgan fingerprint density at radius 1 is 1.35 bits per heavy atom. The smallest absolute Gasteiger partial charge is 0.139 e. The van der Waals surface area contributed by atoms with E-state index < -0.39 is 0 Å². The number of rotatable bonds is 3. The number of furan rings is 1. The van der Waals surface area contributed by atoms with Crippen LogP contribution < -0.4 is 4.90 Å². The molecule has 0 aliphatic carbocycles. The third kappa shape index (κ3) is 2.64. The van der Waals surface area contributed by atoms with Crippen LogP contribution in [-0.4, -0.2) is 53.8 Å². The first-order chi connectivity index (χ1) is 9.63. The average Bonchev–Trinajstić information content (AvgIpc) is 2.79. The van der Waals surface area contributed by atoms with Crippen molar-refractivity contribution >= 4 is 16.8 Å². The summed E-state index contributed by atoms with van der Waals surface area (Å²) in [6.07, 6.45) is 1.54. The first-order valence-electron chi connectivity index (χ1n) is 7.14. The predicted octanol–water partition coefficient (Wildman–Crippen LogP) is 1.64. The van der Waals surface area contributed by atoms with E-state index in [2.05, 4.69) is 20.9 Å². The number of aromatic nitrogens is 1. The van der Waals surface area contributed by atoms with Gasteiger partial charge in [-0.05, 0) is 26.0 Å². The summed E-state index contributed by atoms with van der Waals surface area (Å²) in [5.74, 6) is 1.93. The minimum Gasteiger partial charge on any atom is -0.461 e. The van der Waals surface area contributed by atoms with Gasteiger partial charge in [-0.25, -0.2) is 4.98 Å². The van der Waals surface area contributed by atoms with Crippen molar-refractivity contribution in [1.29, 1.82) is 0 Å². The van der Waals surface area contributed by atoms with Crippen LogP contribution in [0.4, 0.5) is 5.82 Å². The zero-order valence-corrected chi connectivity index (χ0v) is 12.0. The number of nitrogens with zero attached hydrogens (tertiary/aromatic N) is 3. The van der Waals surface area contributed by atoms with Gasteiger partial charge in [0.1, 0.15) is 17.2 Å². The van der Waals surface area contributed by atoms with Crippen LogP contribution in [0.1, 0.15) is 12.7 Å². The fourth-order valence-electron chi connectivity index (χ4n) is 2.84. The summed E-state index contributed by atoms with van der Waals surface area (Å²) in [7, 11) is 0. The molecule has 0 bridgehead atoms. The van der Waals surface area contributed by atoms with E-state index in [1.54, 1.807) is 0 Å². The summed E-state index contributed by atoms with van der Waals surface area (Å²) in [6.45, 7) is 8.33. The molecule has 1 saturated heterocycles. The van der Waals surface area contributed by atoms with Crippen LogP contribution in [0.3, 0.4) is 0 Å². The van der Waals surface area contributed by atoms with E-state index in [0.29, 0.717) is 0 Å². The quantitative estimate of drug-likeness (QED) is 0.923. The first-order valence-corrected chi connectivity index (χ1v) is 7.14. The lowest BCUT2D eigenvalue weighted by molar-refractivity contribution is 0.122. The normalized spacial score (nSPS) is 18.6. The van der Waals surface area contributed by atoms with Crippen molar-refractivity contribution < 1.29 is 9.52 Å². The number of hydrogen-bond acceptors (Lipinski definition) is 5. The molecule has 108 valence electrons. The van der Waals surface area contributed by atoms with E-state index in [1.165, 1.54) is 0 Å². The van der Waals surface area contributed by atoms with Gasteiger partial charge in [0.05, 0.1) is 11.5 Å². The van der Waals surface area contributed by atoms with Crippen LogP contribution in [-0.2, 0) is 0 Å². The van der Waals surface area contributed by atoms with E-state index in [1.807, 2.05) is 26.1 Å². The third-order valence-corrected chi connectivity index (χ3v) is 3.74. The minimum atomic E-state index is -0.264. The molecule has 5 nitrogen and oxygen atoms in total.